The van der Waals surface area contributed by atoms with Gasteiger partial charge in [0.1, 0.15) is 24.0 Å². The number of aromatic hydroxyl groups is 1. The lowest BCUT2D eigenvalue weighted by molar-refractivity contribution is -0.112. The Balaban J connectivity index is 1.75. The summed E-state index contributed by atoms with van der Waals surface area (Å²) in [4.78, 5) is 12.4. The Kier molecular flexibility index (Phi) is 7.15. The second-order valence-corrected chi connectivity index (χ2v) is 6.87. The minimum Gasteiger partial charge on any atom is -0.508 e. The normalized spacial score (nSPS) is 10.8. The van der Waals surface area contributed by atoms with Gasteiger partial charge in [0.2, 0.25) is 0 Å². The maximum atomic E-state index is 12.4. The van der Waals surface area contributed by atoms with Crippen molar-refractivity contribution in [2.45, 2.75) is 6.61 Å². The van der Waals surface area contributed by atoms with E-state index in [1.54, 1.807) is 24.3 Å². The fraction of sp³-hybridized carbons (Fsp3) is 0.0833. The van der Waals surface area contributed by atoms with Gasteiger partial charge in [0.25, 0.3) is 5.91 Å². The average Bonchev–Trinajstić information content (AvgIpc) is 2.78. The summed E-state index contributed by atoms with van der Waals surface area (Å²) in [6, 6.07) is 20.3. The number of phenolic OH excluding ortho intramolecular Hbond substituents is 1. The van der Waals surface area contributed by atoms with Crippen molar-refractivity contribution in [3.05, 3.63) is 88.5 Å². The molecule has 1 amide bonds. The number of ether oxygens (including phenoxy) is 2. The molecule has 6 nitrogen and oxygen atoms in total. The fourth-order valence-corrected chi connectivity index (χ4v) is 2.91. The van der Waals surface area contributed by atoms with Crippen molar-refractivity contribution in [2.75, 3.05) is 12.4 Å². The first-order valence-corrected chi connectivity index (χ1v) is 9.64. The number of hydrogen-bond acceptors (Lipinski definition) is 5. The Morgan fingerprint density at radius 1 is 1.13 bits per heavy atom. The first-order chi connectivity index (χ1) is 15.0. The summed E-state index contributed by atoms with van der Waals surface area (Å²) >= 11 is 6.16. The van der Waals surface area contributed by atoms with Crippen LogP contribution in [0.2, 0.25) is 5.02 Å². The molecular formula is C24H19ClN2O4. The van der Waals surface area contributed by atoms with Gasteiger partial charge in [0, 0.05) is 16.3 Å². The van der Waals surface area contributed by atoms with Gasteiger partial charge in [0.15, 0.2) is 11.5 Å². The van der Waals surface area contributed by atoms with E-state index < -0.39 is 5.91 Å². The predicted molar refractivity (Wildman–Crippen MR) is 119 cm³/mol. The van der Waals surface area contributed by atoms with Gasteiger partial charge in [0.05, 0.1) is 7.11 Å². The van der Waals surface area contributed by atoms with Crippen molar-refractivity contribution in [3.8, 4) is 23.3 Å². The molecule has 3 rings (SSSR count). The Morgan fingerprint density at radius 2 is 1.87 bits per heavy atom. The summed E-state index contributed by atoms with van der Waals surface area (Å²) < 4.78 is 11.2. The summed E-state index contributed by atoms with van der Waals surface area (Å²) in [6.45, 7) is 0.268. The number of anilines is 1. The molecule has 156 valence electrons. The van der Waals surface area contributed by atoms with E-state index in [1.807, 2.05) is 24.3 Å². The number of nitrogens with zero attached hydrogens (tertiary/aromatic N) is 1. The van der Waals surface area contributed by atoms with Gasteiger partial charge >= 0.3 is 0 Å². The Hall–Kier alpha value is -3.95. The number of nitriles is 1. The van der Waals surface area contributed by atoms with Crippen molar-refractivity contribution < 1.29 is 19.4 Å². The number of phenols is 1. The van der Waals surface area contributed by atoms with Gasteiger partial charge in [-0.15, -0.1) is 0 Å². The van der Waals surface area contributed by atoms with Crippen molar-refractivity contribution in [3.63, 3.8) is 0 Å². The van der Waals surface area contributed by atoms with Gasteiger partial charge in [-0.05, 0) is 54.1 Å². The number of rotatable bonds is 7. The van der Waals surface area contributed by atoms with E-state index in [4.69, 9.17) is 21.1 Å². The highest BCUT2D eigenvalue weighted by molar-refractivity contribution is 6.31. The molecule has 0 aliphatic carbocycles. The largest absolute Gasteiger partial charge is 0.508 e. The third kappa shape index (κ3) is 5.78. The molecule has 0 unspecified atom stereocenters. The molecular weight excluding hydrogens is 416 g/mol. The number of benzene rings is 3. The van der Waals surface area contributed by atoms with Crippen LogP contribution < -0.4 is 14.8 Å². The molecule has 0 fully saturated rings. The molecule has 0 bridgehead atoms. The monoisotopic (exact) mass is 434 g/mol. The average molecular weight is 435 g/mol. The van der Waals surface area contributed by atoms with Crippen LogP contribution in [-0.2, 0) is 11.4 Å². The van der Waals surface area contributed by atoms with E-state index in [-0.39, 0.29) is 17.9 Å². The summed E-state index contributed by atoms with van der Waals surface area (Å²) in [5.74, 6) is 0.479. The molecule has 7 heteroatoms. The summed E-state index contributed by atoms with van der Waals surface area (Å²) in [7, 11) is 1.51. The topological polar surface area (TPSA) is 91.6 Å². The number of carbonyl (C=O) groups is 1. The maximum Gasteiger partial charge on any atom is 0.266 e. The van der Waals surface area contributed by atoms with Crippen LogP contribution in [0.25, 0.3) is 6.08 Å². The molecule has 2 N–H and O–H groups in total. The molecule has 0 heterocycles. The zero-order chi connectivity index (χ0) is 22.2. The van der Waals surface area contributed by atoms with E-state index in [9.17, 15) is 15.2 Å². The molecule has 0 aliphatic rings. The SMILES string of the molecule is COc1cc(C=C(C#N)C(=O)Nc2ccc(O)cc2)ccc1OCc1ccccc1Cl. The zero-order valence-electron chi connectivity index (χ0n) is 16.6. The molecule has 0 saturated heterocycles. The molecule has 0 spiro atoms. The van der Waals surface area contributed by atoms with Gasteiger partial charge in [-0.1, -0.05) is 35.9 Å². The second-order valence-electron chi connectivity index (χ2n) is 6.46. The van der Waals surface area contributed by atoms with E-state index >= 15 is 0 Å². The molecule has 31 heavy (non-hydrogen) atoms. The van der Waals surface area contributed by atoms with Crippen LogP contribution in [0.5, 0.6) is 17.2 Å². The van der Waals surface area contributed by atoms with E-state index in [1.165, 1.54) is 37.5 Å². The molecule has 0 aliphatic heterocycles. The third-order valence-corrected chi connectivity index (χ3v) is 4.70. The minimum absolute atomic E-state index is 0.0815. The molecule has 0 atom stereocenters. The lowest BCUT2D eigenvalue weighted by atomic mass is 10.1. The highest BCUT2D eigenvalue weighted by Gasteiger charge is 2.12. The van der Waals surface area contributed by atoms with Gasteiger partial charge < -0.3 is 19.9 Å². The van der Waals surface area contributed by atoms with Crippen LogP contribution in [0.1, 0.15) is 11.1 Å². The van der Waals surface area contributed by atoms with Crippen molar-refractivity contribution in [2.24, 2.45) is 0 Å². The molecule has 0 saturated carbocycles. The number of hydrogen-bond donors (Lipinski definition) is 2. The first-order valence-electron chi connectivity index (χ1n) is 9.26. The molecule has 0 aromatic heterocycles. The van der Waals surface area contributed by atoms with Crippen LogP contribution in [0.4, 0.5) is 5.69 Å². The molecule has 0 radical (unpaired) electrons. The Morgan fingerprint density at radius 3 is 2.55 bits per heavy atom. The van der Waals surface area contributed by atoms with Crippen LogP contribution >= 0.6 is 11.6 Å². The zero-order valence-corrected chi connectivity index (χ0v) is 17.4. The lowest BCUT2D eigenvalue weighted by Gasteiger charge is -2.12. The Bertz CT molecular complexity index is 1150. The van der Waals surface area contributed by atoms with Gasteiger partial charge in [-0.2, -0.15) is 5.26 Å². The van der Waals surface area contributed by atoms with Crippen LogP contribution in [-0.4, -0.2) is 18.1 Å². The minimum atomic E-state index is -0.564. The number of methoxy groups -OCH3 is 1. The number of halogens is 1. The van der Waals surface area contributed by atoms with Gasteiger partial charge in [-0.3, -0.25) is 4.79 Å². The first kappa shape index (κ1) is 21.8. The lowest BCUT2D eigenvalue weighted by Crippen LogP contribution is -2.13. The van der Waals surface area contributed by atoms with Crippen LogP contribution in [0.3, 0.4) is 0 Å². The van der Waals surface area contributed by atoms with Gasteiger partial charge in [-0.25, -0.2) is 0 Å². The summed E-state index contributed by atoms with van der Waals surface area (Å²) in [5, 5.41) is 22.0. The molecule has 3 aromatic rings. The van der Waals surface area contributed by atoms with Crippen molar-refractivity contribution in [1.29, 1.82) is 5.26 Å². The van der Waals surface area contributed by atoms with Crippen LogP contribution in [0.15, 0.2) is 72.3 Å². The number of carbonyl (C=O) groups excluding carboxylic acids is 1. The van der Waals surface area contributed by atoms with Crippen molar-refractivity contribution in [1.82, 2.24) is 0 Å². The van der Waals surface area contributed by atoms with E-state index in [2.05, 4.69) is 5.32 Å². The smallest absolute Gasteiger partial charge is 0.266 e. The Labute approximate surface area is 184 Å². The van der Waals surface area contributed by atoms with Crippen LogP contribution in [0, 0.1) is 11.3 Å². The third-order valence-electron chi connectivity index (χ3n) is 4.33. The van der Waals surface area contributed by atoms with E-state index in [0.29, 0.717) is 27.8 Å². The summed E-state index contributed by atoms with van der Waals surface area (Å²) in [6.07, 6.45) is 1.45. The maximum absolute atomic E-state index is 12.4. The molecule has 3 aromatic carbocycles. The predicted octanol–water partition coefficient (Wildman–Crippen LogP) is 5.18. The number of amides is 1. The van der Waals surface area contributed by atoms with E-state index in [0.717, 1.165) is 5.56 Å². The van der Waals surface area contributed by atoms with Crippen molar-refractivity contribution >= 4 is 29.3 Å². The highest BCUT2D eigenvalue weighted by atomic mass is 35.5. The quantitative estimate of drug-likeness (QED) is 0.304. The number of nitrogens with one attached hydrogen (secondary N) is 1. The summed E-state index contributed by atoms with van der Waals surface area (Å²) in [5.41, 5.74) is 1.82. The standard InChI is InChI=1S/C24H19ClN2O4/c1-30-23-13-16(6-11-22(23)31-15-17-4-2-3-5-21(17)25)12-18(14-26)24(29)27-19-7-9-20(28)10-8-19/h2-13,28H,15H2,1H3,(H,27,29). The fourth-order valence-electron chi connectivity index (χ4n) is 2.72. The second kappa shape index (κ2) is 10.2. The highest BCUT2D eigenvalue weighted by Crippen LogP contribution is 2.30.